The van der Waals surface area contributed by atoms with Gasteiger partial charge >= 0.3 is 0 Å². The van der Waals surface area contributed by atoms with E-state index in [-0.39, 0.29) is 0 Å². The fraction of sp³-hybridized carbons (Fsp3) is 0.778. The van der Waals surface area contributed by atoms with Crippen molar-refractivity contribution in [1.82, 2.24) is 10.2 Å². The molecule has 1 atom stereocenters. The highest BCUT2D eigenvalue weighted by molar-refractivity contribution is 9.09. The monoisotopic (exact) mass is 275 g/mol. The van der Waals surface area contributed by atoms with Crippen LogP contribution in [0.5, 0.6) is 0 Å². The van der Waals surface area contributed by atoms with Gasteiger partial charge in [0.2, 0.25) is 5.13 Å². The van der Waals surface area contributed by atoms with Crippen LogP contribution in [0.25, 0.3) is 0 Å². The Balaban J connectivity index is 2.09. The minimum Gasteiger partial charge on any atom is -0.344 e. The molecule has 14 heavy (non-hydrogen) atoms. The van der Waals surface area contributed by atoms with Crippen LogP contribution in [0.4, 0.5) is 5.13 Å². The molecular weight excluding hydrogens is 262 g/mol. The second-order valence-electron chi connectivity index (χ2n) is 3.57. The summed E-state index contributed by atoms with van der Waals surface area (Å²) in [6.07, 6.45) is 3.79. The van der Waals surface area contributed by atoms with Gasteiger partial charge in [-0.2, -0.15) is 0 Å². The molecule has 5 heteroatoms. The lowest BCUT2D eigenvalue weighted by Crippen LogP contribution is -2.29. The number of hydrogen-bond donors (Lipinski definition) is 0. The highest BCUT2D eigenvalue weighted by Gasteiger charge is 2.26. The van der Waals surface area contributed by atoms with Gasteiger partial charge in [-0.05, 0) is 26.2 Å². The quantitative estimate of drug-likeness (QED) is 0.795. The van der Waals surface area contributed by atoms with Crippen LogP contribution in [0.1, 0.15) is 24.3 Å². The number of anilines is 1. The summed E-state index contributed by atoms with van der Waals surface area (Å²) in [7, 11) is 0. The van der Waals surface area contributed by atoms with E-state index in [9.17, 15) is 0 Å². The van der Waals surface area contributed by atoms with Crippen LogP contribution in [0.15, 0.2) is 0 Å². The van der Waals surface area contributed by atoms with Crippen molar-refractivity contribution in [2.75, 3.05) is 16.8 Å². The fourth-order valence-electron chi connectivity index (χ4n) is 1.92. The maximum atomic E-state index is 4.21. The van der Waals surface area contributed by atoms with E-state index >= 15 is 0 Å². The Bertz CT molecular complexity index is 302. The Morgan fingerprint density at radius 1 is 1.57 bits per heavy atom. The standard InChI is InChI=1S/C9H14BrN3S/c1-7-11-12-9(14-7)13-6-2-3-8(13)4-5-10/h8H,2-6H2,1H3. The molecule has 0 bridgehead atoms. The Hall–Kier alpha value is -0.160. The van der Waals surface area contributed by atoms with E-state index in [2.05, 4.69) is 31.0 Å². The van der Waals surface area contributed by atoms with Gasteiger partial charge in [-0.3, -0.25) is 0 Å². The average Bonchev–Trinajstić information content (AvgIpc) is 2.74. The smallest absolute Gasteiger partial charge is 0.208 e. The minimum atomic E-state index is 0.668. The minimum absolute atomic E-state index is 0.668. The molecule has 0 amide bonds. The number of rotatable bonds is 3. The lowest BCUT2D eigenvalue weighted by atomic mass is 10.2. The molecule has 1 aliphatic rings. The number of nitrogens with zero attached hydrogens (tertiary/aromatic N) is 3. The summed E-state index contributed by atoms with van der Waals surface area (Å²) in [5.74, 6) is 0. The zero-order valence-electron chi connectivity index (χ0n) is 8.24. The van der Waals surface area contributed by atoms with E-state index in [0.717, 1.165) is 22.0 Å². The van der Waals surface area contributed by atoms with Crippen LogP contribution in [-0.2, 0) is 0 Å². The SMILES string of the molecule is Cc1nnc(N2CCCC2CCBr)s1. The first-order valence-electron chi connectivity index (χ1n) is 4.94. The van der Waals surface area contributed by atoms with Gasteiger partial charge in [0.25, 0.3) is 0 Å². The number of alkyl halides is 1. The summed E-state index contributed by atoms with van der Waals surface area (Å²) in [5, 5.41) is 11.5. The molecular formula is C9H14BrN3S. The van der Waals surface area contributed by atoms with E-state index in [1.54, 1.807) is 11.3 Å². The molecule has 1 aromatic rings. The molecule has 0 N–H and O–H groups in total. The predicted octanol–water partition coefficient (Wildman–Crippen LogP) is 2.60. The third-order valence-corrected chi connectivity index (χ3v) is 3.91. The summed E-state index contributed by atoms with van der Waals surface area (Å²) >= 11 is 5.21. The number of hydrogen-bond acceptors (Lipinski definition) is 4. The van der Waals surface area contributed by atoms with Crippen molar-refractivity contribution in [3.05, 3.63) is 5.01 Å². The van der Waals surface area contributed by atoms with E-state index in [1.807, 2.05) is 6.92 Å². The van der Waals surface area contributed by atoms with Crippen LogP contribution < -0.4 is 4.90 Å². The van der Waals surface area contributed by atoms with Gasteiger partial charge in [-0.15, -0.1) is 10.2 Å². The van der Waals surface area contributed by atoms with Gasteiger partial charge in [0.05, 0.1) is 0 Å². The van der Waals surface area contributed by atoms with Gasteiger partial charge in [0, 0.05) is 17.9 Å². The molecule has 0 radical (unpaired) electrons. The summed E-state index contributed by atoms with van der Waals surface area (Å²) in [4.78, 5) is 2.41. The average molecular weight is 276 g/mol. The molecule has 0 saturated carbocycles. The lowest BCUT2D eigenvalue weighted by Gasteiger charge is -2.22. The molecule has 0 aromatic carbocycles. The zero-order valence-corrected chi connectivity index (χ0v) is 10.6. The molecule has 1 unspecified atom stereocenters. The maximum Gasteiger partial charge on any atom is 0.208 e. The second kappa shape index (κ2) is 4.57. The first kappa shape index (κ1) is 10.4. The number of halogens is 1. The maximum absolute atomic E-state index is 4.21. The van der Waals surface area contributed by atoms with Crippen LogP contribution in [-0.4, -0.2) is 28.1 Å². The van der Waals surface area contributed by atoms with Crippen LogP contribution in [0, 0.1) is 6.92 Å². The molecule has 78 valence electrons. The van der Waals surface area contributed by atoms with E-state index in [1.165, 1.54) is 19.3 Å². The highest BCUT2D eigenvalue weighted by Crippen LogP contribution is 2.29. The molecule has 1 fully saturated rings. The van der Waals surface area contributed by atoms with E-state index < -0.39 is 0 Å². The molecule has 1 aliphatic heterocycles. The third kappa shape index (κ3) is 2.08. The predicted molar refractivity (Wildman–Crippen MR) is 63.4 cm³/mol. The molecule has 2 rings (SSSR count). The summed E-state index contributed by atoms with van der Waals surface area (Å²) in [6.45, 7) is 3.16. The van der Waals surface area contributed by atoms with Crippen molar-refractivity contribution in [2.24, 2.45) is 0 Å². The van der Waals surface area contributed by atoms with Gasteiger partial charge in [-0.25, -0.2) is 0 Å². The van der Waals surface area contributed by atoms with Crippen LogP contribution >= 0.6 is 27.3 Å². The van der Waals surface area contributed by atoms with E-state index in [0.29, 0.717) is 6.04 Å². The molecule has 1 aromatic heterocycles. The van der Waals surface area contributed by atoms with E-state index in [4.69, 9.17) is 0 Å². The summed E-state index contributed by atoms with van der Waals surface area (Å²) in [6, 6.07) is 0.668. The van der Waals surface area contributed by atoms with Crippen molar-refractivity contribution in [3.63, 3.8) is 0 Å². The molecule has 2 heterocycles. The van der Waals surface area contributed by atoms with Gasteiger partial charge in [0.1, 0.15) is 5.01 Å². The number of aryl methyl sites for hydroxylation is 1. The molecule has 1 saturated heterocycles. The van der Waals surface area contributed by atoms with Gasteiger partial charge in [-0.1, -0.05) is 27.3 Å². The Morgan fingerprint density at radius 2 is 2.43 bits per heavy atom. The van der Waals surface area contributed by atoms with Crippen LogP contribution in [0.2, 0.25) is 0 Å². The Labute approximate surface area is 96.7 Å². The van der Waals surface area contributed by atoms with Gasteiger partial charge in [0.15, 0.2) is 0 Å². The highest BCUT2D eigenvalue weighted by atomic mass is 79.9. The largest absolute Gasteiger partial charge is 0.344 e. The van der Waals surface area contributed by atoms with Crippen molar-refractivity contribution in [2.45, 2.75) is 32.2 Å². The van der Waals surface area contributed by atoms with Gasteiger partial charge < -0.3 is 4.90 Å². The van der Waals surface area contributed by atoms with Crippen molar-refractivity contribution in [3.8, 4) is 0 Å². The van der Waals surface area contributed by atoms with Crippen molar-refractivity contribution < 1.29 is 0 Å². The second-order valence-corrected chi connectivity index (χ2v) is 5.52. The third-order valence-electron chi connectivity index (χ3n) is 2.58. The molecule has 0 spiro atoms. The van der Waals surface area contributed by atoms with Crippen LogP contribution in [0.3, 0.4) is 0 Å². The Kier molecular flexibility index (Phi) is 3.38. The first-order chi connectivity index (χ1) is 6.81. The zero-order chi connectivity index (χ0) is 9.97. The topological polar surface area (TPSA) is 29.0 Å². The summed E-state index contributed by atoms with van der Waals surface area (Å²) in [5.41, 5.74) is 0. The summed E-state index contributed by atoms with van der Waals surface area (Å²) < 4.78 is 0. The van der Waals surface area contributed by atoms with Crippen molar-refractivity contribution >= 4 is 32.4 Å². The lowest BCUT2D eigenvalue weighted by molar-refractivity contribution is 0.649. The molecule has 3 nitrogen and oxygen atoms in total. The first-order valence-corrected chi connectivity index (χ1v) is 6.88. The number of aromatic nitrogens is 2. The molecule has 0 aliphatic carbocycles. The fourth-order valence-corrected chi connectivity index (χ4v) is 3.23. The normalized spacial score (nSPS) is 21.9. The Morgan fingerprint density at radius 3 is 3.07 bits per heavy atom. The van der Waals surface area contributed by atoms with Crippen molar-refractivity contribution in [1.29, 1.82) is 0 Å².